The fraction of sp³-hybridized carbons (Fsp3) is 0.273. The van der Waals surface area contributed by atoms with Crippen LogP contribution in [0.15, 0.2) is 54.6 Å². The van der Waals surface area contributed by atoms with Crippen LogP contribution in [0, 0.1) is 5.82 Å². The highest BCUT2D eigenvalue weighted by molar-refractivity contribution is 5.94. The van der Waals surface area contributed by atoms with Gasteiger partial charge < -0.3 is 10.2 Å². The summed E-state index contributed by atoms with van der Waals surface area (Å²) in [5.41, 5.74) is 0.901. The molecule has 3 aromatic rings. The number of hydrogen-bond donors (Lipinski definition) is 1. The minimum Gasteiger partial charge on any atom is -0.351 e. The molecule has 0 aliphatic carbocycles. The molecule has 0 radical (unpaired) electrons. The smallest absolute Gasteiger partial charge is 0.254 e. The molecule has 30 heavy (non-hydrogen) atoms. The average Bonchev–Trinajstić information content (AvgIpc) is 3.20. The van der Waals surface area contributed by atoms with Crippen molar-refractivity contribution in [1.29, 1.82) is 0 Å². The van der Waals surface area contributed by atoms with Gasteiger partial charge >= 0.3 is 0 Å². The number of nitrogens with one attached hydrogen (secondary N) is 1. The van der Waals surface area contributed by atoms with E-state index >= 15 is 0 Å². The summed E-state index contributed by atoms with van der Waals surface area (Å²) in [7, 11) is 0. The van der Waals surface area contributed by atoms with Gasteiger partial charge in [-0.2, -0.15) is 5.10 Å². The predicted molar refractivity (Wildman–Crippen MR) is 109 cm³/mol. The number of carbonyl (C=O) groups is 2. The first kappa shape index (κ1) is 19.8. The van der Waals surface area contributed by atoms with E-state index in [-0.39, 0.29) is 30.5 Å². The highest BCUT2D eigenvalue weighted by atomic mass is 19.1. The molecular formula is C22H22FN5O2. The Morgan fingerprint density at radius 3 is 2.60 bits per heavy atom. The number of benzene rings is 2. The van der Waals surface area contributed by atoms with E-state index in [2.05, 4.69) is 15.4 Å². The van der Waals surface area contributed by atoms with Crippen LogP contribution in [0.25, 0.3) is 11.4 Å². The van der Waals surface area contributed by atoms with E-state index in [0.717, 1.165) is 11.4 Å². The SMILES string of the molecule is C[C@H]1c2nc(-c3ccccc3)nn2CCN1C(=O)CCNC(=O)c1ccccc1F. The predicted octanol–water partition coefficient (Wildman–Crippen LogP) is 2.81. The number of carbonyl (C=O) groups excluding carboxylic acids is 2. The lowest BCUT2D eigenvalue weighted by Gasteiger charge is -2.33. The summed E-state index contributed by atoms with van der Waals surface area (Å²) >= 11 is 0. The van der Waals surface area contributed by atoms with Crippen LogP contribution in [0.3, 0.4) is 0 Å². The number of nitrogens with zero attached hydrogens (tertiary/aromatic N) is 4. The van der Waals surface area contributed by atoms with Crippen molar-refractivity contribution in [3.05, 3.63) is 71.8 Å². The highest BCUT2D eigenvalue weighted by Crippen LogP contribution is 2.26. The Morgan fingerprint density at radius 1 is 1.10 bits per heavy atom. The van der Waals surface area contributed by atoms with Crippen molar-refractivity contribution in [1.82, 2.24) is 25.0 Å². The zero-order valence-electron chi connectivity index (χ0n) is 16.6. The lowest BCUT2D eigenvalue weighted by atomic mass is 10.2. The van der Waals surface area contributed by atoms with Crippen LogP contribution in [0.2, 0.25) is 0 Å². The van der Waals surface area contributed by atoms with Crippen molar-refractivity contribution in [2.75, 3.05) is 13.1 Å². The van der Waals surface area contributed by atoms with Crippen LogP contribution in [0.4, 0.5) is 4.39 Å². The van der Waals surface area contributed by atoms with E-state index in [9.17, 15) is 14.0 Å². The molecule has 7 nitrogen and oxygen atoms in total. The number of halogens is 1. The Balaban J connectivity index is 1.37. The topological polar surface area (TPSA) is 80.1 Å². The Labute approximate surface area is 173 Å². The summed E-state index contributed by atoms with van der Waals surface area (Å²) in [6.07, 6.45) is 0.129. The third-order valence-electron chi connectivity index (χ3n) is 5.19. The zero-order chi connectivity index (χ0) is 21.1. The fourth-order valence-electron chi connectivity index (χ4n) is 3.58. The first-order valence-electron chi connectivity index (χ1n) is 9.87. The van der Waals surface area contributed by atoms with Gasteiger partial charge in [-0.05, 0) is 19.1 Å². The third-order valence-corrected chi connectivity index (χ3v) is 5.19. The summed E-state index contributed by atoms with van der Waals surface area (Å²) in [5, 5.41) is 7.18. The summed E-state index contributed by atoms with van der Waals surface area (Å²) in [6.45, 7) is 3.14. The summed E-state index contributed by atoms with van der Waals surface area (Å²) in [6, 6.07) is 15.3. The van der Waals surface area contributed by atoms with Crippen LogP contribution < -0.4 is 5.32 Å². The molecule has 0 saturated carbocycles. The molecule has 1 aliphatic rings. The second-order valence-electron chi connectivity index (χ2n) is 7.13. The Morgan fingerprint density at radius 2 is 1.83 bits per heavy atom. The van der Waals surface area contributed by atoms with Crippen LogP contribution in [0.5, 0.6) is 0 Å². The van der Waals surface area contributed by atoms with Crippen LogP contribution in [-0.4, -0.2) is 44.6 Å². The van der Waals surface area contributed by atoms with E-state index in [1.165, 1.54) is 18.2 Å². The van der Waals surface area contributed by atoms with Gasteiger partial charge in [0.15, 0.2) is 5.82 Å². The van der Waals surface area contributed by atoms with Gasteiger partial charge in [-0.3, -0.25) is 9.59 Å². The Hall–Kier alpha value is -3.55. The van der Waals surface area contributed by atoms with Crippen LogP contribution >= 0.6 is 0 Å². The van der Waals surface area contributed by atoms with E-state index in [4.69, 9.17) is 0 Å². The Kier molecular flexibility index (Phi) is 5.56. The molecule has 4 rings (SSSR count). The van der Waals surface area contributed by atoms with Crippen molar-refractivity contribution in [3.63, 3.8) is 0 Å². The van der Waals surface area contributed by atoms with Gasteiger partial charge in [0.05, 0.1) is 18.2 Å². The van der Waals surface area contributed by atoms with E-state index in [1.54, 1.807) is 11.0 Å². The summed E-state index contributed by atoms with van der Waals surface area (Å²) < 4.78 is 15.5. The minimum absolute atomic E-state index is 0.0298. The first-order chi connectivity index (χ1) is 14.5. The van der Waals surface area contributed by atoms with Gasteiger partial charge in [-0.15, -0.1) is 0 Å². The van der Waals surface area contributed by atoms with Crippen LogP contribution in [0.1, 0.15) is 35.6 Å². The molecule has 2 heterocycles. The number of rotatable bonds is 5. The molecular weight excluding hydrogens is 385 g/mol. The first-order valence-corrected chi connectivity index (χ1v) is 9.87. The molecule has 154 valence electrons. The van der Waals surface area contributed by atoms with Gasteiger partial charge in [0.1, 0.15) is 11.6 Å². The van der Waals surface area contributed by atoms with E-state index in [1.807, 2.05) is 41.9 Å². The molecule has 0 saturated heterocycles. The maximum atomic E-state index is 13.7. The van der Waals surface area contributed by atoms with Crippen molar-refractivity contribution < 1.29 is 14.0 Å². The molecule has 1 atom stereocenters. The Bertz CT molecular complexity index is 1070. The van der Waals surface area contributed by atoms with Crippen molar-refractivity contribution in [2.45, 2.75) is 25.9 Å². The number of fused-ring (bicyclic) bond motifs is 1. The fourth-order valence-corrected chi connectivity index (χ4v) is 3.58. The standard InChI is InChI=1S/C22H22FN5O2/c1-15-21-25-20(16-7-3-2-4-8-16)26-28(21)14-13-27(15)19(29)11-12-24-22(30)17-9-5-6-10-18(17)23/h2-10,15H,11-14H2,1H3,(H,24,30)/t15-/m0/s1. The van der Waals surface area contributed by atoms with Crippen molar-refractivity contribution >= 4 is 11.8 Å². The van der Waals surface area contributed by atoms with Gasteiger partial charge in [0.25, 0.3) is 5.91 Å². The average molecular weight is 407 g/mol. The van der Waals surface area contributed by atoms with Gasteiger partial charge in [-0.1, -0.05) is 42.5 Å². The number of aromatic nitrogens is 3. The monoisotopic (exact) mass is 407 g/mol. The third kappa shape index (κ3) is 3.94. The largest absolute Gasteiger partial charge is 0.351 e. The quantitative estimate of drug-likeness (QED) is 0.705. The summed E-state index contributed by atoms with van der Waals surface area (Å²) in [5.74, 6) is 0.180. The van der Waals surface area contributed by atoms with Gasteiger partial charge in [0, 0.05) is 25.1 Å². The molecule has 0 bridgehead atoms. The molecule has 8 heteroatoms. The molecule has 1 N–H and O–H groups in total. The second-order valence-corrected chi connectivity index (χ2v) is 7.13. The molecule has 1 aromatic heterocycles. The number of amides is 2. The molecule has 1 aliphatic heterocycles. The zero-order valence-corrected chi connectivity index (χ0v) is 16.6. The maximum Gasteiger partial charge on any atom is 0.254 e. The molecule has 0 fully saturated rings. The lowest BCUT2D eigenvalue weighted by molar-refractivity contribution is -0.134. The van der Waals surface area contributed by atoms with Gasteiger partial charge in [-0.25, -0.2) is 14.1 Å². The van der Waals surface area contributed by atoms with Crippen LogP contribution in [-0.2, 0) is 11.3 Å². The highest BCUT2D eigenvalue weighted by Gasteiger charge is 2.30. The van der Waals surface area contributed by atoms with E-state index < -0.39 is 11.7 Å². The number of hydrogen-bond acceptors (Lipinski definition) is 4. The summed E-state index contributed by atoms with van der Waals surface area (Å²) in [4.78, 5) is 31.2. The van der Waals surface area contributed by atoms with Crippen molar-refractivity contribution in [2.24, 2.45) is 0 Å². The normalized spacial score (nSPS) is 15.5. The maximum absolute atomic E-state index is 13.7. The van der Waals surface area contributed by atoms with Gasteiger partial charge in [0.2, 0.25) is 5.91 Å². The molecule has 0 unspecified atom stereocenters. The van der Waals surface area contributed by atoms with Crippen molar-refractivity contribution in [3.8, 4) is 11.4 Å². The minimum atomic E-state index is -0.584. The second kappa shape index (κ2) is 8.44. The molecule has 2 aromatic carbocycles. The van der Waals surface area contributed by atoms with E-state index in [0.29, 0.717) is 18.9 Å². The lowest BCUT2D eigenvalue weighted by Crippen LogP contribution is -2.42. The molecule has 2 amide bonds. The molecule has 0 spiro atoms.